The maximum atomic E-state index is 12.2. The Labute approximate surface area is 137 Å². The van der Waals surface area contributed by atoms with Gasteiger partial charge in [0.1, 0.15) is 6.54 Å². The van der Waals surface area contributed by atoms with E-state index in [-0.39, 0.29) is 24.2 Å². The molecule has 2 heterocycles. The molecule has 1 atom stereocenters. The van der Waals surface area contributed by atoms with Gasteiger partial charge in [-0.2, -0.15) is 0 Å². The predicted molar refractivity (Wildman–Crippen MR) is 87.5 cm³/mol. The van der Waals surface area contributed by atoms with Gasteiger partial charge >= 0.3 is 5.69 Å². The number of benzene rings is 1. The summed E-state index contributed by atoms with van der Waals surface area (Å²) < 4.78 is 2.54. The molecule has 0 aliphatic heterocycles. The van der Waals surface area contributed by atoms with Crippen molar-refractivity contribution in [1.82, 2.24) is 19.5 Å². The summed E-state index contributed by atoms with van der Waals surface area (Å²) in [5.74, 6) is -0.289. The van der Waals surface area contributed by atoms with E-state index in [1.54, 1.807) is 36.5 Å². The molecular weight excluding hydrogens is 316 g/mol. The number of nitrogens with one attached hydrogen (secondary N) is 1. The van der Waals surface area contributed by atoms with Gasteiger partial charge in [-0.25, -0.2) is 9.48 Å². The highest BCUT2D eigenvalue weighted by molar-refractivity contribution is 6.30. The lowest BCUT2D eigenvalue weighted by Gasteiger charge is -2.14. The van der Waals surface area contributed by atoms with Crippen molar-refractivity contribution in [1.29, 1.82) is 0 Å². The van der Waals surface area contributed by atoms with E-state index in [2.05, 4.69) is 10.4 Å². The van der Waals surface area contributed by atoms with Crippen molar-refractivity contribution in [2.45, 2.75) is 19.5 Å². The lowest BCUT2D eigenvalue weighted by molar-refractivity contribution is -0.122. The normalized spacial score (nSPS) is 12.3. The van der Waals surface area contributed by atoms with Gasteiger partial charge in [0.05, 0.1) is 6.04 Å². The smallest absolute Gasteiger partial charge is 0.348 e. The highest BCUT2D eigenvalue weighted by atomic mass is 35.5. The van der Waals surface area contributed by atoms with Crippen LogP contribution >= 0.6 is 11.6 Å². The summed E-state index contributed by atoms with van der Waals surface area (Å²) in [6.45, 7) is 1.72. The van der Waals surface area contributed by atoms with Crippen LogP contribution in [0.3, 0.4) is 0 Å². The summed E-state index contributed by atoms with van der Waals surface area (Å²) in [6, 6.07) is 12.3. The Hall–Kier alpha value is -2.60. The molecule has 0 bridgehead atoms. The third-order valence-corrected chi connectivity index (χ3v) is 3.74. The van der Waals surface area contributed by atoms with Gasteiger partial charge in [-0.05, 0) is 36.8 Å². The molecule has 23 heavy (non-hydrogen) atoms. The lowest BCUT2D eigenvalue weighted by atomic mass is 10.1. The van der Waals surface area contributed by atoms with Crippen molar-refractivity contribution < 1.29 is 4.79 Å². The zero-order valence-corrected chi connectivity index (χ0v) is 13.2. The van der Waals surface area contributed by atoms with Gasteiger partial charge in [-0.1, -0.05) is 29.8 Å². The molecule has 0 saturated carbocycles. The second kappa shape index (κ2) is 6.26. The van der Waals surface area contributed by atoms with Gasteiger partial charge in [0.15, 0.2) is 5.65 Å². The molecule has 0 aliphatic carbocycles. The van der Waals surface area contributed by atoms with Crippen molar-refractivity contribution in [3.05, 3.63) is 69.7 Å². The van der Waals surface area contributed by atoms with Crippen LogP contribution in [0.5, 0.6) is 0 Å². The zero-order chi connectivity index (χ0) is 16.4. The number of fused-ring (bicyclic) bond motifs is 1. The fraction of sp³-hybridized carbons (Fsp3) is 0.188. The largest absolute Gasteiger partial charge is 0.350 e. The first-order valence-corrected chi connectivity index (χ1v) is 7.51. The number of hydrogen-bond donors (Lipinski definition) is 1. The van der Waals surface area contributed by atoms with Gasteiger partial charge < -0.3 is 5.32 Å². The number of hydrogen-bond acceptors (Lipinski definition) is 3. The van der Waals surface area contributed by atoms with Crippen molar-refractivity contribution in [3.63, 3.8) is 0 Å². The average Bonchev–Trinajstić information content (AvgIpc) is 2.84. The van der Waals surface area contributed by atoms with Crippen LogP contribution in [-0.2, 0) is 11.3 Å². The van der Waals surface area contributed by atoms with Crippen LogP contribution in [0.4, 0.5) is 0 Å². The first kappa shape index (κ1) is 15.3. The molecule has 3 aromatic rings. The Morgan fingerprint density at radius 3 is 2.87 bits per heavy atom. The molecule has 118 valence electrons. The van der Waals surface area contributed by atoms with Crippen LogP contribution in [0.25, 0.3) is 5.65 Å². The minimum atomic E-state index is -0.342. The lowest BCUT2D eigenvalue weighted by Crippen LogP contribution is -2.34. The highest BCUT2D eigenvalue weighted by Gasteiger charge is 2.13. The van der Waals surface area contributed by atoms with E-state index in [0.29, 0.717) is 10.7 Å². The monoisotopic (exact) mass is 330 g/mol. The van der Waals surface area contributed by atoms with Gasteiger partial charge in [0.25, 0.3) is 0 Å². The quantitative estimate of drug-likeness (QED) is 0.795. The summed E-state index contributed by atoms with van der Waals surface area (Å²) in [6.07, 6.45) is 1.62. The highest BCUT2D eigenvalue weighted by Crippen LogP contribution is 2.17. The van der Waals surface area contributed by atoms with E-state index < -0.39 is 0 Å². The molecule has 7 heteroatoms. The molecule has 1 N–H and O–H groups in total. The molecule has 0 radical (unpaired) electrons. The third-order valence-electron chi connectivity index (χ3n) is 3.51. The van der Waals surface area contributed by atoms with E-state index in [1.807, 2.05) is 19.1 Å². The van der Waals surface area contributed by atoms with Gasteiger partial charge in [0, 0.05) is 11.2 Å². The molecule has 2 aromatic heterocycles. The number of aromatic nitrogens is 3. The number of amides is 1. The minimum Gasteiger partial charge on any atom is -0.348 e. The minimum absolute atomic E-state index is 0.134. The molecule has 0 spiro atoms. The van der Waals surface area contributed by atoms with Crippen molar-refractivity contribution in [2.75, 3.05) is 0 Å². The fourth-order valence-electron chi connectivity index (χ4n) is 2.35. The van der Waals surface area contributed by atoms with Gasteiger partial charge in [-0.15, -0.1) is 5.10 Å². The van der Waals surface area contributed by atoms with Crippen LogP contribution in [-0.4, -0.2) is 20.1 Å². The molecular formula is C16H15ClN4O2. The van der Waals surface area contributed by atoms with Crippen molar-refractivity contribution >= 4 is 23.2 Å². The molecule has 3 rings (SSSR count). The van der Waals surface area contributed by atoms with E-state index >= 15 is 0 Å². The van der Waals surface area contributed by atoms with Crippen LogP contribution in [0.1, 0.15) is 18.5 Å². The Balaban J connectivity index is 1.73. The Morgan fingerprint density at radius 2 is 2.13 bits per heavy atom. The molecule has 0 aliphatic rings. The summed E-state index contributed by atoms with van der Waals surface area (Å²) in [5, 5.41) is 7.58. The van der Waals surface area contributed by atoms with E-state index in [1.165, 1.54) is 4.40 Å². The van der Waals surface area contributed by atoms with Crippen LogP contribution in [0.2, 0.25) is 5.02 Å². The second-order valence-corrected chi connectivity index (χ2v) is 5.65. The summed E-state index contributed by atoms with van der Waals surface area (Å²) in [5.41, 5.74) is 1.06. The van der Waals surface area contributed by atoms with Gasteiger partial charge in [-0.3, -0.25) is 9.20 Å². The summed E-state index contributed by atoms with van der Waals surface area (Å²) in [4.78, 5) is 24.3. The first-order chi connectivity index (χ1) is 11.0. The van der Waals surface area contributed by atoms with Crippen LogP contribution in [0.15, 0.2) is 53.5 Å². The Bertz CT molecular complexity index is 916. The number of rotatable bonds is 4. The molecule has 1 amide bonds. The predicted octanol–water partition coefficient (Wildman–Crippen LogP) is 2.03. The van der Waals surface area contributed by atoms with Crippen molar-refractivity contribution in [3.8, 4) is 0 Å². The molecule has 1 aromatic carbocycles. The fourth-order valence-corrected chi connectivity index (χ4v) is 2.55. The Kier molecular flexibility index (Phi) is 4.16. The average molecular weight is 331 g/mol. The SMILES string of the molecule is CC(NC(=O)Cn1nc2ccccn2c1=O)c1cccc(Cl)c1. The standard InChI is InChI=1S/C16H15ClN4O2/c1-11(12-5-4-6-13(17)9-12)18-15(22)10-21-16(23)20-8-3-2-7-14(20)19-21/h2-9,11H,10H2,1H3,(H,18,22). The molecule has 0 saturated heterocycles. The van der Waals surface area contributed by atoms with Crippen molar-refractivity contribution in [2.24, 2.45) is 0 Å². The molecule has 6 nitrogen and oxygen atoms in total. The number of carbonyl (C=O) groups is 1. The first-order valence-electron chi connectivity index (χ1n) is 7.13. The molecule has 0 fully saturated rings. The van der Waals surface area contributed by atoms with Crippen LogP contribution in [0, 0.1) is 0 Å². The van der Waals surface area contributed by atoms with Gasteiger partial charge in [0.2, 0.25) is 5.91 Å². The number of nitrogens with zero attached hydrogens (tertiary/aromatic N) is 3. The Morgan fingerprint density at radius 1 is 1.30 bits per heavy atom. The number of pyridine rings is 1. The topological polar surface area (TPSA) is 68.4 Å². The zero-order valence-electron chi connectivity index (χ0n) is 12.4. The van der Waals surface area contributed by atoms with E-state index in [4.69, 9.17) is 11.6 Å². The summed E-state index contributed by atoms with van der Waals surface area (Å²) in [7, 11) is 0. The maximum absolute atomic E-state index is 12.2. The van der Waals surface area contributed by atoms with E-state index in [9.17, 15) is 9.59 Å². The number of carbonyl (C=O) groups excluding carboxylic acids is 1. The number of halogens is 1. The summed E-state index contributed by atoms with van der Waals surface area (Å²) >= 11 is 5.95. The maximum Gasteiger partial charge on any atom is 0.350 e. The molecule has 1 unspecified atom stereocenters. The third kappa shape index (κ3) is 3.27. The van der Waals surface area contributed by atoms with E-state index in [0.717, 1.165) is 10.2 Å². The second-order valence-electron chi connectivity index (χ2n) is 5.21. The van der Waals surface area contributed by atoms with Crippen LogP contribution < -0.4 is 11.0 Å².